The van der Waals surface area contributed by atoms with E-state index in [1.54, 1.807) is 19.2 Å². The lowest BCUT2D eigenvalue weighted by Crippen LogP contribution is -2.30. The molecule has 1 N–H and O–H groups in total. The van der Waals surface area contributed by atoms with Crippen molar-refractivity contribution in [3.63, 3.8) is 0 Å². The first-order valence-corrected chi connectivity index (χ1v) is 8.64. The average Bonchev–Trinajstić information content (AvgIpc) is 3.04. The minimum absolute atomic E-state index is 0.318. The van der Waals surface area contributed by atoms with Crippen LogP contribution in [-0.4, -0.2) is 32.1 Å². The Morgan fingerprint density at radius 3 is 2.60 bits per heavy atom. The second-order valence-corrected chi connectivity index (χ2v) is 6.09. The molecule has 0 saturated carbocycles. The van der Waals surface area contributed by atoms with Gasteiger partial charge in [-0.15, -0.1) is 0 Å². The molecule has 1 amide bonds. The van der Waals surface area contributed by atoms with E-state index in [9.17, 15) is 9.59 Å². The van der Waals surface area contributed by atoms with Crippen molar-refractivity contribution in [2.45, 2.75) is 6.42 Å². The van der Waals surface area contributed by atoms with Crippen LogP contribution >= 0.6 is 22.6 Å². The lowest BCUT2D eigenvalue weighted by Gasteiger charge is -2.06. The van der Waals surface area contributed by atoms with Gasteiger partial charge in [-0.25, -0.2) is 4.79 Å². The molecule has 0 unspecified atom stereocenters. The maximum Gasteiger partial charge on any atom is 0.331 e. The number of carbonyl (C=O) groups excluding carboxylic acids is 2. The largest absolute Gasteiger partial charge is 0.497 e. The van der Waals surface area contributed by atoms with E-state index in [0.29, 0.717) is 18.7 Å². The van der Waals surface area contributed by atoms with Crippen molar-refractivity contribution in [2.75, 3.05) is 20.3 Å². The van der Waals surface area contributed by atoms with Gasteiger partial charge in [-0.2, -0.15) is 0 Å². The average molecular weight is 455 g/mol. The highest BCUT2D eigenvalue weighted by Gasteiger charge is 2.05. The Morgan fingerprint density at radius 1 is 1.20 bits per heavy atom. The van der Waals surface area contributed by atoms with Crippen LogP contribution in [-0.2, 0) is 20.7 Å². The summed E-state index contributed by atoms with van der Waals surface area (Å²) in [6.07, 6.45) is 3.40. The monoisotopic (exact) mass is 455 g/mol. The van der Waals surface area contributed by atoms with Crippen molar-refractivity contribution >= 4 is 40.5 Å². The lowest BCUT2D eigenvalue weighted by atomic mass is 10.1. The van der Waals surface area contributed by atoms with Gasteiger partial charge in [0.2, 0.25) is 0 Å². The van der Waals surface area contributed by atoms with Crippen LogP contribution in [0.3, 0.4) is 0 Å². The zero-order chi connectivity index (χ0) is 18.1. The van der Waals surface area contributed by atoms with Gasteiger partial charge in [-0.05, 0) is 64.9 Å². The third-order valence-electron chi connectivity index (χ3n) is 3.22. The van der Waals surface area contributed by atoms with Crippen molar-refractivity contribution in [3.8, 4) is 5.75 Å². The molecule has 0 radical (unpaired) electrons. The molecule has 7 heteroatoms. The van der Waals surface area contributed by atoms with Crippen molar-refractivity contribution in [2.24, 2.45) is 0 Å². The number of carbonyl (C=O) groups is 2. The van der Waals surface area contributed by atoms with Gasteiger partial charge >= 0.3 is 5.97 Å². The van der Waals surface area contributed by atoms with E-state index >= 15 is 0 Å². The molecule has 25 heavy (non-hydrogen) atoms. The summed E-state index contributed by atoms with van der Waals surface area (Å²) in [7, 11) is 1.61. The van der Waals surface area contributed by atoms with E-state index in [1.807, 2.05) is 46.9 Å². The molecule has 0 atom stereocenters. The topological polar surface area (TPSA) is 77.8 Å². The maximum atomic E-state index is 11.7. The molecule has 1 aromatic heterocycles. The number of hydrogen-bond donors (Lipinski definition) is 1. The fourth-order valence-electron chi connectivity index (χ4n) is 1.94. The zero-order valence-corrected chi connectivity index (χ0v) is 15.8. The normalized spacial score (nSPS) is 10.6. The Hall–Kier alpha value is -2.29. The molecule has 1 aromatic carbocycles. The third-order valence-corrected chi connectivity index (χ3v) is 3.80. The quantitative estimate of drug-likeness (QED) is 0.377. The molecule has 0 bridgehead atoms. The summed E-state index contributed by atoms with van der Waals surface area (Å²) in [5.41, 5.74) is 1.08. The molecule has 1 heterocycles. The summed E-state index contributed by atoms with van der Waals surface area (Å²) in [6.45, 7) is 0.144. The molecule has 0 saturated heterocycles. The van der Waals surface area contributed by atoms with Crippen molar-refractivity contribution in [1.29, 1.82) is 0 Å². The molecule has 0 fully saturated rings. The maximum absolute atomic E-state index is 11.7. The number of ether oxygens (including phenoxy) is 2. The number of methoxy groups -OCH3 is 1. The Bertz CT molecular complexity index is 736. The van der Waals surface area contributed by atoms with Crippen LogP contribution in [0.1, 0.15) is 11.3 Å². The van der Waals surface area contributed by atoms with Crippen LogP contribution in [0.2, 0.25) is 0 Å². The molecular formula is C18H18INO5. The highest BCUT2D eigenvalue weighted by molar-refractivity contribution is 14.1. The number of esters is 1. The Labute approximate surface area is 159 Å². The van der Waals surface area contributed by atoms with Gasteiger partial charge in [0, 0.05) is 12.6 Å². The van der Waals surface area contributed by atoms with Crippen LogP contribution in [0.4, 0.5) is 0 Å². The number of furan rings is 1. The van der Waals surface area contributed by atoms with Gasteiger partial charge < -0.3 is 19.2 Å². The van der Waals surface area contributed by atoms with Crippen molar-refractivity contribution < 1.29 is 23.5 Å². The van der Waals surface area contributed by atoms with E-state index < -0.39 is 5.97 Å². The van der Waals surface area contributed by atoms with Crippen LogP contribution in [0, 0.1) is 3.77 Å². The van der Waals surface area contributed by atoms with Gasteiger partial charge in [0.15, 0.2) is 10.4 Å². The summed E-state index contributed by atoms with van der Waals surface area (Å²) in [4.78, 5) is 23.2. The second-order valence-electron chi connectivity index (χ2n) is 5.03. The van der Waals surface area contributed by atoms with Crippen molar-refractivity contribution in [1.82, 2.24) is 5.32 Å². The number of rotatable bonds is 8. The SMILES string of the molecule is COc1ccc(CCNC(=O)COC(=O)/C=C/c2ccc(I)o2)cc1. The molecule has 0 aliphatic carbocycles. The molecule has 2 rings (SSSR count). The van der Waals surface area contributed by atoms with Gasteiger partial charge in [-0.3, -0.25) is 4.79 Å². The number of nitrogens with one attached hydrogen (secondary N) is 1. The predicted molar refractivity (Wildman–Crippen MR) is 101 cm³/mol. The predicted octanol–water partition coefficient (Wildman–Crippen LogP) is 2.81. The molecule has 0 spiro atoms. The van der Waals surface area contributed by atoms with Crippen LogP contribution in [0.5, 0.6) is 5.75 Å². The fraction of sp³-hybridized carbons (Fsp3) is 0.222. The van der Waals surface area contributed by atoms with E-state index in [-0.39, 0.29) is 12.5 Å². The van der Waals surface area contributed by atoms with Crippen LogP contribution in [0.25, 0.3) is 6.08 Å². The summed E-state index contributed by atoms with van der Waals surface area (Å²) < 4.78 is 16.0. The van der Waals surface area contributed by atoms with Crippen LogP contribution < -0.4 is 10.1 Å². The Morgan fingerprint density at radius 2 is 1.96 bits per heavy atom. The zero-order valence-electron chi connectivity index (χ0n) is 13.7. The van der Waals surface area contributed by atoms with Crippen LogP contribution in [0.15, 0.2) is 46.9 Å². The number of benzene rings is 1. The molecule has 2 aromatic rings. The fourth-order valence-corrected chi connectivity index (χ4v) is 2.38. The number of hydrogen-bond acceptors (Lipinski definition) is 5. The Balaban J connectivity index is 1.64. The number of halogens is 1. The van der Waals surface area contributed by atoms with E-state index in [4.69, 9.17) is 13.9 Å². The standard InChI is InChI=1S/C18H18INO5/c1-23-14-4-2-13(3-5-14)10-11-20-17(21)12-24-18(22)9-7-15-6-8-16(19)25-15/h2-9H,10-12H2,1H3,(H,20,21)/b9-7+. The van der Waals surface area contributed by atoms with Gasteiger partial charge in [0.05, 0.1) is 7.11 Å². The van der Waals surface area contributed by atoms with E-state index in [1.165, 1.54) is 12.2 Å². The summed E-state index contributed by atoms with van der Waals surface area (Å²) in [5, 5.41) is 2.70. The van der Waals surface area contributed by atoms with E-state index in [2.05, 4.69) is 5.32 Å². The van der Waals surface area contributed by atoms with Gasteiger partial charge in [-0.1, -0.05) is 12.1 Å². The van der Waals surface area contributed by atoms with Gasteiger partial charge in [0.1, 0.15) is 11.5 Å². The van der Waals surface area contributed by atoms with Crippen molar-refractivity contribution in [3.05, 3.63) is 57.6 Å². The minimum Gasteiger partial charge on any atom is -0.497 e. The van der Waals surface area contributed by atoms with E-state index in [0.717, 1.165) is 15.1 Å². The first kappa shape index (κ1) is 19.0. The molecular weight excluding hydrogens is 437 g/mol. The summed E-state index contributed by atoms with van der Waals surface area (Å²) >= 11 is 2.03. The molecule has 0 aliphatic rings. The first-order valence-electron chi connectivity index (χ1n) is 7.56. The third kappa shape index (κ3) is 7.00. The minimum atomic E-state index is -0.600. The highest BCUT2D eigenvalue weighted by Crippen LogP contribution is 2.12. The van der Waals surface area contributed by atoms with Gasteiger partial charge in [0.25, 0.3) is 5.91 Å². The molecule has 132 valence electrons. The Kier molecular flexibility index (Phi) is 7.52. The number of amides is 1. The summed E-state index contributed by atoms with van der Waals surface area (Å²) in [5.74, 6) is 0.391. The first-order chi connectivity index (χ1) is 12.1. The second kappa shape index (κ2) is 9.87. The highest BCUT2D eigenvalue weighted by atomic mass is 127. The molecule has 6 nitrogen and oxygen atoms in total. The molecule has 0 aliphatic heterocycles. The smallest absolute Gasteiger partial charge is 0.331 e. The summed E-state index contributed by atoms with van der Waals surface area (Å²) in [6, 6.07) is 11.1. The lowest BCUT2D eigenvalue weighted by molar-refractivity contribution is -0.143.